The molecule has 5 heteroatoms. The lowest BCUT2D eigenvalue weighted by Gasteiger charge is -2.33. The summed E-state index contributed by atoms with van der Waals surface area (Å²) >= 11 is 6.17. The Morgan fingerprint density at radius 2 is 1.69 bits per heavy atom. The molecule has 4 nitrogen and oxygen atoms in total. The van der Waals surface area contributed by atoms with Crippen LogP contribution in [0.4, 0.5) is 0 Å². The third-order valence-corrected chi connectivity index (χ3v) is 5.29. The fourth-order valence-electron chi connectivity index (χ4n) is 3.97. The molecule has 2 atom stereocenters. The minimum Gasteiger partial charge on any atom is -0.343 e. The summed E-state index contributed by atoms with van der Waals surface area (Å²) in [6, 6.07) is 22.9. The normalized spacial score (nSPS) is 23.8. The van der Waals surface area contributed by atoms with E-state index < -0.39 is 5.72 Å². The summed E-state index contributed by atoms with van der Waals surface area (Å²) in [7, 11) is 0. The molecule has 3 heterocycles. The average molecular weight is 363 g/mol. The van der Waals surface area contributed by atoms with E-state index in [1.807, 2.05) is 65.6 Å². The summed E-state index contributed by atoms with van der Waals surface area (Å²) in [5, 5.41) is 0.348. The van der Waals surface area contributed by atoms with E-state index in [2.05, 4.69) is 4.98 Å². The lowest BCUT2D eigenvalue weighted by Crippen LogP contribution is -2.42. The first-order valence-corrected chi connectivity index (χ1v) is 8.85. The highest BCUT2D eigenvalue weighted by atomic mass is 35.5. The predicted octanol–water partition coefficient (Wildman–Crippen LogP) is 4.16. The van der Waals surface area contributed by atoms with Gasteiger partial charge in [-0.2, -0.15) is 0 Å². The third-order valence-electron chi connectivity index (χ3n) is 5.08. The standard InChI is InChI=1S/C21H15ClN2O2/c22-18-12-11-16-19(23-18)21(15-9-5-2-6-10-15)24(20(16)25)17(13-26-21)14-7-3-1-4-8-14/h1-12,17H,13H2/t17-,21-/m0/s1. The van der Waals surface area contributed by atoms with Gasteiger partial charge < -0.3 is 4.74 Å². The second-order valence-electron chi connectivity index (χ2n) is 6.45. The lowest BCUT2D eigenvalue weighted by molar-refractivity contribution is -0.0352. The highest BCUT2D eigenvalue weighted by Gasteiger charge is 2.60. The van der Waals surface area contributed by atoms with Crippen molar-refractivity contribution in [2.75, 3.05) is 6.61 Å². The van der Waals surface area contributed by atoms with Gasteiger partial charge in [0, 0.05) is 5.56 Å². The minimum atomic E-state index is -1.04. The molecule has 1 saturated heterocycles. The van der Waals surface area contributed by atoms with Gasteiger partial charge in [0.2, 0.25) is 5.72 Å². The molecule has 0 saturated carbocycles. The predicted molar refractivity (Wildman–Crippen MR) is 97.8 cm³/mol. The SMILES string of the molecule is O=C1c2ccc(Cl)nc2[C@]2(c3ccccc3)OC[C@@H](c3ccccc3)N12. The van der Waals surface area contributed by atoms with E-state index in [0.717, 1.165) is 11.1 Å². The van der Waals surface area contributed by atoms with Crippen LogP contribution in [0.5, 0.6) is 0 Å². The van der Waals surface area contributed by atoms with Crippen molar-refractivity contribution in [2.24, 2.45) is 0 Å². The van der Waals surface area contributed by atoms with Crippen LogP contribution in [-0.4, -0.2) is 22.4 Å². The van der Waals surface area contributed by atoms with Crippen LogP contribution in [0.3, 0.4) is 0 Å². The maximum Gasteiger partial charge on any atom is 0.259 e. The Kier molecular flexibility index (Phi) is 3.39. The van der Waals surface area contributed by atoms with E-state index in [4.69, 9.17) is 16.3 Å². The van der Waals surface area contributed by atoms with E-state index in [1.165, 1.54) is 0 Å². The van der Waals surface area contributed by atoms with Gasteiger partial charge in [-0.3, -0.25) is 9.69 Å². The molecule has 1 fully saturated rings. The van der Waals surface area contributed by atoms with Crippen LogP contribution in [0.1, 0.15) is 33.2 Å². The maximum absolute atomic E-state index is 13.3. The summed E-state index contributed by atoms with van der Waals surface area (Å²) in [6.45, 7) is 0.401. The van der Waals surface area contributed by atoms with Gasteiger partial charge in [0.15, 0.2) is 0 Å². The zero-order chi connectivity index (χ0) is 17.7. The van der Waals surface area contributed by atoms with Gasteiger partial charge in [0.1, 0.15) is 10.8 Å². The largest absolute Gasteiger partial charge is 0.343 e. The van der Waals surface area contributed by atoms with Gasteiger partial charge in [-0.25, -0.2) is 4.98 Å². The van der Waals surface area contributed by atoms with E-state index >= 15 is 0 Å². The molecule has 26 heavy (non-hydrogen) atoms. The number of fused-ring (bicyclic) bond motifs is 3. The molecule has 0 unspecified atom stereocenters. The number of rotatable bonds is 2. The highest BCUT2D eigenvalue weighted by Crippen LogP contribution is 2.53. The lowest BCUT2D eigenvalue weighted by atomic mass is 9.97. The fourth-order valence-corrected chi connectivity index (χ4v) is 4.12. The molecule has 1 aromatic heterocycles. The average Bonchev–Trinajstić information content (AvgIpc) is 3.19. The number of halogens is 1. The van der Waals surface area contributed by atoms with Crippen LogP contribution in [0.25, 0.3) is 0 Å². The number of nitrogens with zero attached hydrogens (tertiary/aromatic N) is 2. The fraction of sp³-hybridized carbons (Fsp3) is 0.143. The van der Waals surface area contributed by atoms with Crippen LogP contribution >= 0.6 is 11.6 Å². The first-order chi connectivity index (χ1) is 12.7. The van der Waals surface area contributed by atoms with Crippen molar-refractivity contribution < 1.29 is 9.53 Å². The van der Waals surface area contributed by atoms with Crippen molar-refractivity contribution in [3.05, 3.63) is 100 Å². The van der Waals surface area contributed by atoms with Gasteiger partial charge in [-0.15, -0.1) is 0 Å². The first-order valence-electron chi connectivity index (χ1n) is 8.47. The Morgan fingerprint density at radius 3 is 2.42 bits per heavy atom. The first kappa shape index (κ1) is 15.6. The molecule has 128 valence electrons. The summed E-state index contributed by atoms with van der Waals surface area (Å²) in [5.41, 5.74) is 1.98. The minimum absolute atomic E-state index is 0.0839. The molecule has 2 aliphatic heterocycles. The number of carbonyl (C=O) groups is 1. The molecule has 0 N–H and O–H groups in total. The molecule has 0 bridgehead atoms. The zero-order valence-corrected chi connectivity index (χ0v) is 14.6. The number of hydrogen-bond donors (Lipinski definition) is 0. The Labute approximate surface area is 156 Å². The molecule has 0 radical (unpaired) electrons. The van der Waals surface area contributed by atoms with Crippen molar-refractivity contribution in [1.82, 2.24) is 9.88 Å². The number of benzene rings is 2. The van der Waals surface area contributed by atoms with Crippen LogP contribution in [-0.2, 0) is 10.5 Å². The molecule has 3 aromatic rings. The summed E-state index contributed by atoms with van der Waals surface area (Å²) in [5.74, 6) is -0.0839. The van der Waals surface area contributed by atoms with Crippen molar-refractivity contribution in [3.8, 4) is 0 Å². The molecule has 0 aliphatic carbocycles. The topological polar surface area (TPSA) is 42.4 Å². The Morgan fingerprint density at radius 1 is 1.00 bits per heavy atom. The smallest absolute Gasteiger partial charge is 0.259 e. The van der Waals surface area contributed by atoms with Crippen LogP contribution in [0, 0.1) is 0 Å². The Hall–Kier alpha value is -2.69. The third kappa shape index (κ3) is 2.00. The number of carbonyl (C=O) groups excluding carboxylic acids is 1. The van der Waals surface area contributed by atoms with Crippen molar-refractivity contribution >= 4 is 17.5 Å². The number of amides is 1. The second-order valence-corrected chi connectivity index (χ2v) is 6.84. The van der Waals surface area contributed by atoms with Crippen molar-refractivity contribution in [1.29, 1.82) is 0 Å². The Balaban J connectivity index is 1.76. The number of hydrogen-bond acceptors (Lipinski definition) is 3. The molecule has 0 spiro atoms. The molecule has 2 aromatic carbocycles. The van der Waals surface area contributed by atoms with E-state index in [9.17, 15) is 4.79 Å². The zero-order valence-electron chi connectivity index (χ0n) is 13.8. The molecule has 1 amide bonds. The van der Waals surface area contributed by atoms with E-state index in [-0.39, 0.29) is 11.9 Å². The summed E-state index contributed by atoms with van der Waals surface area (Å²) in [4.78, 5) is 19.6. The summed E-state index contributed by atoms with van der Waals surface area (Å²) in [6.07, 6.45) is 0. The second kappa shape index (κ2) is 5.66. The van der Waals surface area contributed by atoms with E-state index in [0.29, 0.717) is 23.0 Å². The van der Waals surface area contributed by atoms with Gasteiger partial charge >= 0.3 is 0 Å². The van der Waals surface area contributed by atoms with E-state index in [1.54, 1.807) is 12.1 Å². The van der Waals surface area contributed by atoms with Gasteiger partial charge in [-0.05, 0) is 17.7 Å². The Bertz CT molecular complexity index is 993. The summed E-state index contributed by atoms with van der Waals surface area (Å²) < 4.78 is 6.35. The van der Waals surface area contributed by atoms with Crippen LogP contribution < -0.4 is 0 Å². The quantitative estimate of drug-likeness (QED) is 0.643. The number of ether oxygens (including phenoxy) is 1. The molecule has 2 aliphatic rings. The van der Waals surface area contributed by atoms with Gasteiger partial charge in [0.25, 0.3) is 5.91 Å². The van der Waals surface area contributed by atoms with Crippen LogP contribution in [0.15, 0.2) is 72.8 Å². The van der Waals surface area contributed by atoms with Crippen LogP contribution in [0.2, 0.25) is 5.15 Å². The monoisotopic (exact) mass is 362 g/mol. The van der Waals surface area contributed by atoms with Crippen molar-refractivity contribution in [3.63, 3.8) is 0 Å². The number of aromatic nitrogens is 1. The molecular weight excluding hydrogens is 348 g/mol. The molecule has 5 rings (SSSR count). The van der Waals surface area contributed by atoms with Gasteiger partial charge in [0.05, 0.1) is 18.2 Å². The molecular formula is C21H15ClN2O2. The number of pyridine rings is 1. The highest BCUT2D eigenvalue weighted by molar-refractivity contribution is 6.29. The maximum atomic E-state index is 13.3. The van der Waals surface area contributed by atoms with Gasteiger partial charge in [-0.1, -0.05) is 72.3 Å². The van der Waals surface area contributed by atoms with Crippen molar-refractivity contribution in [2.45, 2.75) is 11.8 Å².